The van der Waals surface area contributed by atoms with Crippen molar-refractivity contribution in [2.24, 2.45) is 4.99 Å². The number of anilines is 1. The molecule has 1 N–H and O–H groups in total. The Morgan fingerprint density at radius 1 is 0.920 bits per heavy atom. The number of rotatable bonds is 3. The van der Waals surface area contributed by atoms with Crippen molar-refractivity contribution in [3.8, 4) is 0 Å². The Balaban J connectivity index is 1.51. The first-order chi connectivity index (χ1) is 12.3. The second-order valence-electron chi connectivity index (χ2n) is 6.76. The van der Waals surface area contributed by atoms with Crippen LogP contribution in [0.15, 0.2) is 59.6 Å². The predicted octanol–water partition coefficient (Wildman–Crippen LogP) is 3.56. The van der Waals surface area contributed by atoms with Crippen molar-refractivity contribution in [2.75, 3.05) is 24.5 Å². The summed E-state index contributed by atoms with van der Waals surface area (Å²) in [6, 6.07) is 18.3. The van der Waals surface area contributed by atoms with Gasteiger partial charge >= 0.3 is 0 Å². The van der Waals surface area contributed by atoms with Crippen LogP contribution in [0.2, 0.25) is 0 Å². The van der Waals surface area contributed by atoms with Crippen molar-refractivity contribution in [1.29, 1.82) is 0 Å². The number of ether oxygens (including phenoxy) is 1. The minimum absolute atomic E-state index is 0.364. The Labute approximate surface area is 148 Å². The van der Waals surface area contributed by atoms with Crippen LogP contribution in [-0.4, -0.2) is 36.7 Å². The number of benzene rings is 2. The number of aliphatic hydroxyl groups excluding tert-OH is 1. The Morgan fingerprint density at radius 2 is 1.64 bits per heavy atom. The summed E-state index contributed by atoms with van der Waals surface area (Å²) in [6.07, 6.45) is 2.90. The molecule has 1 fully saturated rings. The fourth-order valence-corrected chi connectivity index (χ4v) is 3.57. The average molecular weight is 336 g/mol. The molecule has 4 heteroatoms. The van der Waals surface area contributed by atoms with Crippen LogP contribution in [0.1, 0.15) is 36.5 Å². The summed E-state index contributed by atoms with van der Waals surface area (Å²) in [4.78, 5) is 6.87. The van der Waals surface area contributed by atoms with Crippen molar-refractivity contribution in [3.05, 3.63) is 65.7 Å². The van der Waals surface area contributed by atoms with Crippen LogP contribution in [0.4, 0.5) is 5.69 Å². The third-order valence-electron chi connectivity index (χ3n) is 4.97. The molecule has 0 aliphatic carbocycles. The van der Waals surface area contributed by atoms with Crippen molar-refractivity contribution < 1.29 is 9.84 Å². The smallest absolute Gasteiger partial charge is 0.216 e. The molecule has 0 aromatic heterocycles. The van der Waals surface area contributed by atoms with Gasteiger partial charge in [-0.05, 0) is 49.1 Å². The van der Waals surface area contributed by atoms with E-state index in [0.717, 1.165) is 24.2 Å². The van der Waals surface area contributed by atoms with Gasteiger partial charge in [-0.1, -0.05) is 30.3 Å². The summed E-state index contributed by atoms with van der Waals surface area (Å²) in [5.41, 5.74) is 3.21. The van der Waals surface area contributed by atoms with E-state index in [-0.39, 0.29) is 6.10 Å². The first kappa shape index (κ1) is 16.2. The molecule has 2 aromatic rings. The molecule has 0 amide bonds. The fraction of sp³-hybridized carbons (Fsp3) is 0.381. The highest BCUT2D eigenvalue weighted by atomic mass is 16.5. The van der Waals surface area contributed by atoms with Gasteiger partial charge in [-0.2, -0.15) is 0 Å². The zero-order chi connectivity index (χ0) is 17.1. The summed E-state index contributed by atoms with van der Waals surface area (Å²) in [6.45, 7) is 2.64. The lowest BCUT2D eigenvalue weighted by molar-refractivity contribution is 0.0217. The van der Waals surface area contributed by atoms with E-state index in [1.807, 2.05) is 30.3 Å². The molecule has 0 saturated carbocycles. The van der Waals surface area contributed by atoms with Crippen LogP contribution < -0.4 is 4.90 Å². The van der Waals surface area contributed by atoms with Crippen LogP contribution in [0.25, 0.3) is 0 Å². The topological polar surface area (TPSA) is 45.1 Å². The quantitative estimate of drug-likeness (QED) is 0.932. The first-order valence-corrected chi connectivity index (χ1v) is 9.11. The van der Waals surface area contributed by atoms with Gasteiger partial charge in [0.1, 0.15) is 6.10 Å². The maximum Gasteiger partial charge on any atom is 0.216 e. The van der Waals surface area contributed by atoms with Gasteiger partial charge in [0.05, 0.1) is 6.54 Å². The maximum atomic E-state index is 10.3. The molecule has 4 rings (SSSR count). The number of aliphatic hydroxyl groups is 1. The number of nitrogens with zero attached hydrogens (tertiary/aromatic N) is 2. The van der Waals surface area contributed by atoms with Crippen molar-refractivity contribution in [2.45, 2.75) is 31.5 Å². The van der Waals surface area contributed by atoms with Gasteiger partial charge in [-0.15, -0.1) is 0 Å². The molecule has 4 nitrogen and oxygen atoms in total. The minimum atomic E-state index is -0.612. The van der Waals surface area contributed by atoms with Gasteiger partial charge in [-0.25, -0.2) is 4.99 Å². The summed E-state index contributed by atoms with van der Waals surface area (Å²) in [5.74, 6) is 0.615. The Bertz CT molecular complexity index is 721. The molecule has 0 radical (unpaired) electrons. The van der Waals surface area contributed by atoms with E-state index in [1.54, 1.807) is 0 Å². The zero-order valence-corrected chi connectivity index (χ0v) is 14.3. The first-order valence-electron chi connectivity index (χ1n) is 9.11. The van der Waals surface area contributed by atoms with Gasteiger partial charge in [-0.3, -0.25) is 0 Å². The average Bonchev–Trinajstić information content (AvgIpc) is 2.70. The van der Waals surface area contributed by atoms with Gasteiger partial charge in [0.25, 0.3) is 0 Å². The van der Waals surface area contributed by atoms with E-state index >= 15 is 0 Å². The van der Waals surface area contributed by atoms with E-state index in [9.17, 15) is 5.11 Å². The Kier molecular flexibility index (Phi) is 4.70. The summed E-state index contributed by atoms with van der Waals surface area (Å²) < 4.78 is 6.04. The lowest BCUT2D eigenvalue weighted by Gasteiger charge is -2.30. The molecule has 2 unspecified atom stereocenters. The number of hydrogen-bond donors (Lipinski definition) is 1. The summed E-state index contributed by atoms with van der Waals surface area (Å²) in [7, 11) is 0. The number of aliphatic imine (C=N–C) groups is 1. The molecule has 130 valence electrons. The van der Waals surface area contributed by atoms with Crippen LogP contribution >= 0.6 is 0 Å². The molecular weight excluding hydrogens is 312 g/mol. The standard InChI is InChI=1S/C21H24N2O2/c24-19-15-22-21(25-20(19)16-7-3-1-4-8-16)17-9-11-18(12-10-17)23-13-5-2-6-14-23/h1,3-4,7-12,19-20,24H,2,5-6,13-15H2. The fourth-order valence-electron chi connectivity index (χ4n) is 3.57. The van der Waals surface area contributed by atoms with Crippen molar-refractivity contribution >= 4 is 11.6 Å². The molecule has 2 atom stereocenters. The van der Waals surface area contributed by atoms with Crippen molar-refractivity contribution in [1.82, 2.24) is 0 Å². The molecule has 0 bridgehead atoms. The molecule has 2 aliphatic heterocycles. The Morgan fingerprint density at radius 3 is 2.36 bits per heavy atom. The highest BCUT2D eigenvalue weighted by molar-refractivity contribution is 5.95. The van der Waals surface area contributed by atoms with Gasteiger partial charge < -0.3 is 14.7 Å². The zero-order valence-electron chi connectivity index (χ0n) is 14.3. The highest BCUT2D eigenvalue weighted by Gasteiger charge is 2.28. The summed E-state index contributed by atoms with van der Waals surface area (Å²) >= 11 is 0. The van der Waals surface area contributed by atoms with E-state index in [1.165, 1.54) is 24.9 Å². The van der Waals surface area contributed by atoms with Gasteiger partial charge in [0.15, 0.2) is 6.10 Å². The SMILES string of the molecule is OC1CN=C(c2ccc(N3CCCCC3)cc2)OC1c1ccccc1. The molecule has 2 heterocycles. The van der Waals surface area contributed by atoms with Crippen LogP contribution in [0, 0.1) is 0 Å². The van der Waals surface area contributed by atoms with Gasteiger partial charge in [0, 0.05) is 24.3 Å². The van der Waals surface area contributed by atoms with E-state index in [0.29, 0.717) is 12.4 Å². The van der Waals surface area contributed by atoms with Crippen LogP contribution in [-0.2, 0) is 4.74 Å². The lowest BCUT2D eigenvalue weighted by atomic mass is 10.0. The second-order valence-corrected chi connectivity index (χ2v) is 6.76. The van der Waals surface area contributed by atoms with Gasteiger partial charge in [0.2, 0.25) is 5.90 Å². The monoisotopic (exact) mass is 336 g/mol. The molecule has 2 aromatic carbocycles. The van der Waals surface area contributed by atoms with E-state index in [4.69, 9.17) is 4.74 Å². The molecule has 2 aliphatic rings. The highest BCUT2D eigenvalue weighted by Crippen LogP contribution is 2.28. The summed E-state index contributed by atoms with van der Waals surface area (Å²) in [5, 5.41) is 10.3. The molecule has 0 spiro atoms. The second kappa shape index (κ2) is 7.28. The van der Waals surface area contributed by atoms with Crippen molar-refractivity contribution in [3.63, 3.8) is 0 Å². The molecular formula is C21H24N2O2. The third kappa shape index (κ3) is 3.54. The van der Waals surface area contributed by atoms with Crippen LogP contribution in [0.5, 0.6) is 0 Å². The van der Waals surface area contributed by atoms with E-state index in [2.05, 4.69) is 34.2 Å². The third-order valence-corrected chi connectivity index (χ3v) is 4.97. The molecule has 25 heavy (non-hydrogen) atoms. The Hall–Kier alpha value is -2.33. The molecule has 1 saturated heterocycles. The largest absolute Gasteiger partial charge is 0.466 e. The lowest BCUT2D eigenvalue weighted by Crippen LogP contribution is -2.32. The van der Waals surface area contributed by atoms with E-state index < -0.39 is 6.10 Å². The minimum Gasteiger partial charge on any atom is -0.466 e. The van der Waals surface area contributed by atoms with Crippen LogP contribution in [0.3, 0.4) is 0 Å². The number of hydrogen-bond acceptors (Lipinski definition) is 4. The number of piperidine rings is 1. The predicted molar refractivity (Wildman–Crippen MR) is 100 cm³/mol. The normalized spacial score (nSPS) is 23.7. The maximum absolute atomic E-state index is 10.3.